The minimum atomic E-state index is -1.08. The van der Waals surface area contributed by atoms with Crippen molar-refractivity contribution in [3.63, 3.8) is 0 Å². The zero-order valence-electron chi connectivity index (χ0n) is 18.0. The molecule has 0 amide bonds. The molecule has 1 saturated carbocycles. The van der Waals surface area contributed by atoms with Gasteiger partial charge in [-0.15, -0.1) is 0 Å². The monoisotopic (exact) mass is 470 g/mol. The fraction of sp³-hybridized carbons (Fsp3) is 0.500. The maximum Gasteiger partial charge on any atom is 0.227 e. The summed E-state index contributed by atoms with van der Waals surface area (Å²) in [4.78, 5) is 12.8. The van der Waals surface area contributed by atoms with Gasteiger partial charge in [0.05, 0.1) is 28.6 Å². The summed E-state index contributed by atoms with van der Waals surface area (Å²) < 4.78 is 12.7. The standard InChI is InChI=1S/C24H27ClN4O2S/c25-17-4-5-18-15(12-17)2-3-16-13-29(10-6-19(16)18)23-26-20-7-11-32(31)21(20)22(27-23)28-24(14-30)8-1-9-24/h4-5,12,30H,1-3,6-11,13-14H2,(H,26,27,28)/t32-/m0/s1. The van der Waals surface area contributed by atoms with Gasteiger partial charge in [-0.2, -0.15) is 4.98 Å². The molecule has 0 radical (unpaired) electrons. The number of nitrogens with one attached hydrogen (secondary N) is 1. The van der Waals surface area contributed by atoms with Crippen molar-refractivity contribution in [1.29, 1.82) is 0 Å². The van der Waals surface area contributed by atoms with Crippen molar-refractivity contribution in [2.24, 2.45) is 0 Å². The molecule has 2 aromatic rings. The van der Waals surface area contributed by atoms with Gasteiger partial charge in [-0.1, -0.05) is 17.7 Å². The van der Waals surface area contributed by atoms with Crippen LogP contribution < -0.4 is 10.2 Å². The van der Waals surface area contributed by atoms with Gasteiger partial charge in [-0.25, -0.2) is 4.98 Å². The van der Waals surface area contributed by atoms with Crippen molar-refractivity contribution < 1.29 is 9.32 Å². The minimum Gasteiger partial charge on any atom is -0.394 e. The smallest absolute Gasteiger partial charge is 0.227 e. The number of hydrogen-bond donors (Lipinski definition) is 2. The quantitative estimate of drug-likeness (QED) is 0.708. The lowest BCUT2D eigenvalue weighted by Crippen LogP contribution is -2.48. The average molecular weight is 471 g/mol. The van der Waals surface area contributed by atoms with Crippen LogP contribution in [0.4, 0.5) is 11.8 Å². The van der Waals surface area contributed by atoms with Crippen LogP contribution in [0.15, 0.2) is 28.7 Å². The summed E-state index contributed by atoms with van der Waals surface area (Å²) in [6.45, 7) is 1.74. The highest BCUT2D eigenvalue weighted by atomic mass is 35.5. The lowest BCUT2D eigenvalue weighted by molar-refractivity contribution is 0.143. The van der Waals surface area contributed by atoms with Crippen molar-refractivity contribution in [2.75, 3.05) is 35.7 Å². The summed E-state index contributed by atoms with van der Waals surface area (Å²) in [5, 5.41) is 14.2. The van der Waals surface area contributed by atoms with E-state index in [0.717, 1.165) is 67.2 Å². The Morgan fingerprint density at radius 1 is 1.19 bits per heavy atom. The summed E-state index contributed by atoms with van der Waals surface area (Å²) in [5.41, 5.74) is 6.16. The first kappa shape index (κ1) is 20.6. The number of nitrogens with zero attached hydrogens (tertiary/aromatic N) is 3. The van der Waals surface area contributed by atoms with Crippen LogP contribution in [0.2, 0.25) is 5.02 Å². The highest BCUT2D eigenvalue weighted by Gasteiger charge is 2.39. The van der Waals surface area contributed by atoms with Gasteiger partial charge in [0.2, 0.25) is 5.95 Å². The Bertz CT molecular complexity index is 1160. The molecular formula is C24H27ClN4O2S. The summed E-state index contributed by atoms with van der Waals surface area (Å²) >= 11 is 6.21. The van der Waals surface area contributed by atoms with Crippen molar-refractivity contribution in [3.8, 4) is 0 Å². The first-order valence-electron chi connectivity index (χ1n) is 11.5. The number of aliphatic hydroxyl groups is 1. The third kappa shape index (κ3) is 3.37. The molecule has 0 bridgehead atoms. The molecule has 8 heteroatoms. The van der Waals surface area contributed by atoms with Gasteiger partial charge >= 0.3 is 0 Å². The first-order valence-corrected chi connectivity index (χ1v) is 13.2. The molecule has 1 fully saturated rings. The predicted octanol–water partition coefficient (Wildman–Crippen LogP) is 3.73. The number of benzene rings is 1. The zero-order valence-corrected chi connectivity index (χ0v) is 19.6. The molecule has 0 spiro atoms. The maximum absolute atomic E-state index is 12.7. The summed E-state index contributed by atoms with van der Waals surface area (Å²) in [7, 11) is -1.08. The zero-order chi connectivity index (χ0) is 21.9. The van der Waals surface area contributed by atoms with Crippen LogP contribution in [-0.2, 0) is 23.6 Å². The van der Waals surface area contributed by atoms with Crippen LogP contribution in [0.5, 0.6) is 0 Å². The van der Waals surface area contributed by atoms with Gasteiger partial charge in [0.15, 0.2) is 0 Å². The van der Waals surface area contributed by atoms with Crippen LogP contribution in [0, 0.1) is 0 Å². The van der Waals surface area contributed by atoms with Crippen LogP contribution >= 0.6 is 11.6 Å². The van der Waals surface area contributed by atoms with Crippen LogP contribution in [0.3, 0.4) is 0 Å². The van der Waals surface area contributed by atoms with Crippen LogP contribution in [-0.4, -0.2) is 50.3 Å². The number of rotatable bonds is 4. The normalized spacial score (nSPS) is 23.3. The second kappa shape index (κ2) is 7.82. The highest BCUT2D eigenvalue weighted by Crippen LogP contribution is 2.41. The van der Waals surface area contributed by atoms with E-state index in [4.69, 9.17) is 21.6 Å². The van der Waals surface area contributed by atoms with Gasteiger partial charge in [0.1, 0.15) is 10.7 Å². The maximum atomic E-state index is 12.7. The SMILES string of the molecule is O=[S@]1CCc2nc(N3CCC4=C(CCc5cc(Cl)ccc54)C3)nc(NC3(CO)CCC3)c21. The third-order valence-electron chi connectivity index (χ3n) is 7.48. The van der Waals surface area contributed by atoms with E-state index in [2.05, 4.69) is 22.3 Å². The Kier molecular flexibility index (Phi) is 5.04. The Balaban J connectivity index is 1.33. The lowest BCUT2D eigenvalue weighted by Gasteiger charge is -2.42. The molecule has 6 rings (SSSR count). The number of anilines is 2. The van der Waals surface area contributed by atoms with E-state index >= 15 is 0 Å². The second-order valence-electron chi connectivity index (χ2n) is 9.42. The molecule has 1 aromatic carbocycles. The fourth-order valence-corrected chi connectivity index (χ4v) is 6.99. The second-order valence-corrected chi connectivity index (χ2v) is 11.4. The Labute approximate surface area is 195 Å². The number of fused-ring (bicyclic) bond motifs is 3. The van der Waals surface area contributed by atoms with Crippen molar-refractivity contribution >= 4 is 39.7 Å². The molecule has 2 aliphatic heterocycles. The molecule has 0 saturated heterocycles. The van der Waals surface area contributed by atoms with E-state index in [1.165, 1.54) is 22.3 Å². The van der Waals surface area contributed by atoms with E-state index in [0.29, 0.717) is 23.9 Å². The van der Waals surface area contributed by atoms with E-state index in [9.17, 15) is 9.32 Å². The molecule has 168 valence electrons. The van der Waals surface area contributed by atoms with Gasteiger partial charge in [-0.05, 0) is 72.9 Å². The topological polar surface area (TPSA) is 78.4 Å². The first-order chi connectivity index (χ1) is 15.5. The molecule has 2 N–H and O–H groups in total. The molecule has 2 aliphatic carbocycles. The number of hydrogen-bond acceptors (Lipinski definition) is 6. The van der Waals surface area contributed by atoms with Gasteiger partial charge in [0, 0.05) is 30.3 Å². The van der Waals surface area contributed by atoms with E-state index in [-0.39, 0.29) is 12.1 Å². The average Bonchev–Trinajstić information content (AvgIpc) is 3.16. The van der Waals surface area contributed by atoms with Gasteiger partial charge in [0.25, 0.3) is 0 Å². The number of aliphatic hydroxyl groups excluding tert-OH is 1. The highest BCUT2D eigenvalue weighted by molar-refractivity contribution is 7.85. The van der Waals surface area contributed by atoms with Crippen molar-refractivity contribution in [2.45, 2.75) is 55.4 Å². The lowest BCUT2D eigenvalue weighted by atomic mass is 9.77. The minimum absolute atomic E-state index is 0.0666. The number of aromatic nitrogens is 2. The summed E-state index contributed by atoms with van der Waals surface area (Å²) in [5.74, 6) is 1.98. The number of halogens is 1. The summed E-state index contributed by atoms with van der Waals surface area (Å²) in [6, 6.07) is 6.26. The largest absolute Gasteiger partial charge is 0.394 e. The molecular weight excluding hydrogens is 444 g/mol. The molecule has 1 aromatic heterocycles. The Morgan fingerprint density at radius 3 is 2.84 bits per heavy atom. The molecule has 4 aliphatic rings. The third-order valence-corrected chi connectivity index (χ3v) is 9.18. The molecule has 3 heterocycles. The van der Waals surface area contributed by atoms with Gasteiger partial charge in [-0.3, -0.25) is 4.21 Å². The molecule has 32 heavy (non-hydrogen) atoms. The fourth-order valence-electron chi connectivity index (χ4n) is 5.49. The van der Waals surface area contributed by atoms with Gasteiger partial charge < -0.3 is 15.3 Å². The van der Waals surface area contributed by atoms with Crippen molar-refractivity contribution in [3.05, 3.63) is 45.6 Å². The van der Waals surface area contributed by atoms with E-state index in [1.807, 2.05) is 6.07 Å². The van der Waals surface area contributed by atoms with E-state index in [1.54, 1.807) is 0 Å². The molecule has 1 atom stereocenters. The Morgan fingerprint density at radius 2 is 2.06 bits per heavy atom. The van der Waals surface area contributed by atoms with Crippen molar-refractivity contribution in [1.82, 2.24) is 9.97 Å². The molecule has 6 nitrogen and oxygen atoms in total. The molecule has 0 unspecified atom stereocenters. The summed E-state index contributed by atoms with van der Waals surface area (Å²) in [6.07, 6.45) is 6.63. The number of aryl methyl sites for hydroxylation is 2. The van der Waals surface area contributed by atoms with Crippen LogP contribution in [0.1, 0.15) is 48.9 Å². The predicted molar refractivity (Wildman–Crippen MR) is 128 cm³/mol. The van der Waals surface area contributed by atoms with E-state index < -0.39 is 10.8 Å². The Hall–Kier alpha value is -1.96. The van der Waals surface area contributed by atoms with Crippen LogP contribution in [0.25, 0.3) is 5.57 Å².